The van der Waals surface area contributed by atoms with Crippen LogP contribution in [0, 0.1) is 17.6 Å². The Labute approximate surface area is 224 Å². The van der Waals surface area contributed by atoms with E-state index in [1.54, 1.807) is 4.72 Å². The number of carbonyl (C=O) groups excluding carboxylic acids is 2. The number of nitrogens with one attached hydrogen (secondary N) is 1. The average Bonchev–Trinajstić information content (AvgIpc) is 3.57. The molecular formula is C24H21F4N3O8S. The van der Waals surface area contributed by atoms with Crippen molar-refractivity contribution in [3.05, 3.63) is 59.5 Å². The van der Waals surface area contributed by atoms with Crippen LogP contribution in [0.4, 0.5) is 22.4 Å². The van der Waals surface area contributed by atoms with Crippen molar-refractivity contribution in [2.75, 3.05) is 6.61 Å². The van der Waals surface area contributed by atoms with Gasteiger partial charge in [0.25, 0.3) is 15.9 Å². The summed E-state index contributed by atoms with van der Waals surface area (Å²) in [7, 11) is -4.87. The lowest BCUT2D eigenvalue weighted by atomic mass is 10.2. The molecule has 11 nitrogen and oxygen atoms in total. The molecule has 0 saturated heterocycles. The third-order valence-corrected chi connectivity index (χ3v) is 6.88. The lowest BCUT2D eigenvalue weighted by Crippen LogP contribution is -2.32. The number of aromatic nitrogens is 1. The second kappa shape index (κ2) is 11.4. The van der Waals surface area contributed by atoms with Crippen LogP contribution in [0.5, 0.6) is 11.5 Å². The van der Waals surface area contributed by atoms with Gasteiger partial charge in [-0.1, -0.05) is 0 Å². The number of benzene rings is 2. The van der Waals surface area contributed by atoms with E-state index >= 15 is 0 Å². The first-order chi connectivity index (χ1) is 18.8. The van der Waals surface area contributed by atoms with Gasteiger partial charge >= 0.3 is 12.7 Å². The number of hydrogen-bond donors (Lipinski definition) is 2. The van der Waals surface area contributed by atoms with Crippen molar-refractivity contribution >= 4 is 22.0 Å². The molecule has 2 amide bonds. The van der Waals surface area contributed by atoms with E-state index in [1.165, 1.54) is 19.1 Å². The van der Waals surface area contributed by atoms with Gasteiger partial charge in [-0.05, 0) is 56.0 Å². The molecule has 214 valence electrons. The van der Waals surface area contributed by atoms with Crippen LogP contribution < -0.4 is 19.9 Å². The number of ether oxygens (including phenoxy) is 3. The first-order valence-corrected chi connectivity index (χ1v) is 13.0. The zero-order valence-corrected chi connectivity index (χ0v) is 21.3. The predicted octanol–water partition coefficient (Wildman–Crippen LogP) is 4.29. The molecule has 0 aliphatic heterocycles. The zero-order valence-electron chi connectivity index (χ0n) is 20.5. The summed E-state index contributed by atoms with van der Waals surface area (Å²) in [4.78, 5) is 27.2. The van der Waals surface area contributed by atoms with E-state index in [0.29, 0.717) is 18.2 Å². The van der Waals surface area contributed by atoms with Crippen molar-refractivity contribution in [3.8, 4) is 23.0 Å². The van der Waals surface area contributed by atoms with Gasteiger partial charge in [-0.15, -0.1) is 0 Å². The monoisotopic (exact) mass is 587 g/mol. The van der Waals surface area contributed by atoms with Crippen molar-refractivity contribution in [1.82, 2.24) is 9.71 Å². The van der Waals surface area contributed by atoms with E-state index in [4.69, 9.17) is 19.6 Å². The van der Waals surface area contributed by atoms with Crippen molar-refractivity contribution in [2.45, 2.75) is 37.4 Å². The maximum Gasteiger partial charge on any atom is 0.405 e. The topological polar surface area (TPSA) is 160 Å². The van der Waals surface area contributed by atoms with Crippen molar-refractivity contribution in [3.63, 3.8) is 0 Å². The van der Waals surface area contributed by atoms with E-state index in [2.05, 4.69) is 9.72 Å². The largest absolute Gasteiger partial charge is 0.489 e. The third-order valence-electron chi connectivity index (χ3n) is 5.52. The average molecular weight is 588 g/mol. The molecule has 16 heteroatoms. The highest BCUT2D eigenvalue weighted by molar-refractivity contribution is 7.90. The summed E-state index contributed by atoms with van der Waals surface area (Å²) in [6.45, 7) is -1.67. The van der Waals surface area contributed by atoms with Crippen LogP contribution in [0.25, 0.3) is 11.5 Å². The van der Waals surface area contributed by atoms with E-state index in [-0.39, 0.29) is 35.5 Å². The number of amides is 2. The van der Waals surface area contributed by atoms with Gasteiger partial charge in [-0.3, -0.25) is 4.79 Å². The number of halogens is 4. The third kappa shape index (κ3) is 6.80. The quantitative estimate of drug-likeness (QED) is 0.312. The van der Waals surface area contributed by atoms with E-state index < -0.39 is 62.7 Å². The molecular weight excluding hydrogens is 566 g/mol. The lowest BCUT2D eigenvalue weighted by molar-refractivity contribution is -0.0515. The first-order valence-electron chi connectivity index (χ1n) is 11.5. The fourth-order valence-electron chi connectivity index (χ4n) is 3.48. The molecule has 40 heavy (non-hydrogen) atoms. The summed E-state index contributed by atoms with van der Waals surface area (Å²) in [5, 5.41) is 0. The Morgan fingerprint density at radius 2 is 1.88 bits per heavy atom. The fourth-order valence-corrected chi connectivity index (χ4v) is 4.49. The molecule has 2 aromatic carbocycles. The highest BCUT2D eigenvalue weighted by Crippen LogP contribution is 2.37. The Balaban J connectivity index is 1.71. The molecule has 1 aliphatic carbocycles. The van der Waals surface area contributed by atoms with Gasteiger partial charge in [0.2, 0.25) is 5.89 Å². The number of nitrogens with zero attached hydrogens (tertiary/aromatic N) is 1. The molecule has 1 atom stereocenters. The Morgan fingerprint density at radius 1 is 1.15 bits per heavy atom. The molecule has 1 unspecified atom stereocenters. The Kier molecular flexibility index (Phi) is 8.18. The molecule has 0 bridgehead atoms. The second-order valence-corrected chi connectivity index (χ2v) is 10.3. The summed E-state index contributed by atoms with van der Waals surface area (Å²) in [6.07, 6.45) is -0.803. The van der Waals surface area contributed by atoms with Crippen LogP contribution in [0.3, 0.4) is 0 Å². The molecule has 1 aromatic heterocycles. The van der Waals surface area contributed by atoms with Gasteiger partial charge < -0.3 is 24.4 Å². The Morgan fingerprint density at radius 3 is 2.50 bits per heavy atom. The number of alkyl halides is 2. The molecule has 1 aliphatic rings. The zero-order chi connectivity index (χ0) is 29.2. The van der Waals surface area contributed by atoms with Crippen LogP contribution in [-0.4, -0.2) is 38.6 Å². The molecule has 1 heterocycles. The van der Waals surface area contributed by atoms with Crippen LogP contribution in [0.15, 0.2) is 45.7 Å². The molecule has 1 fully saturated rings. The SMILES string of the molecule is CC(OC(N)=O)c1oc(-c2ccc(OC(F)F)c(OCC3CC3)c2)nc1C(=O)NS(=O)(=O)c1ccc(F)cc1F. The molecule has 1 saturated carbocycles. The smallest absolute Gasteiger partial charge is 0.405 e. The number of hydrogen-bond acceptors (Lipinski definition) is 9. The standard InChI is InChI=1S/C24H21F4N3O8S/c1-11(37-24(29)33)20-19(21(32)31-40(34,35)18-7-5-14(25)9-15(18)26)30-22(39-20)13-4-6-16(38-23(27)28)17(8-13)36-10-12-2-3-12/h4-9,11-12,23H,2-3,10H2,1H3,(H2,29,33)(H,31,32). The summed E-state index contributed by atoms with van der Waals surface area (Å²) < 4.78 is 100. The van der Waals surface area contributed by atoms with E-state index in [1.807, 2.05) is 0 Å². The Hall–Kier alpha value is -4.34. The number of nitrogens with two attached hydrogens (primary N) is 1. The van der Waals surface area contributed by atoms with Crippen LogP contribution in [-0.2, 0) is 14.8 Å². The van der Waals surface area contributed by atoms with Gasteiger partial charge in [-0.2, -0.15) is 8.78 Å². The minimum absolute atomic E-state index is 0.0775. The van der Waals surface area contributed by atoms with Gasteiger partial charge in [0, 0.05) is 11.6 Å². The minimum Gasteiger partial charge on any atom is -0.489 e. The number of primary amides is 1. The molecule has 4 rings (SSSR count). The van der Waals surface area contributed by atoms with Crippen LogP contribution in [0.2, 0.25) is 0 Å². The van der Waals surface area contributed by atoms with Gasteiger partial charge in [0.05, 0.1) is 6.61 Å². The summed E-state index contributed by atoms with van der Waals surface area (Å²) >= 11 is 0. The first kappa shape index (κ1) is 28.7. The van der Waals surface area contributed by atoms with E-state index in [0.717, 1.165) is 18.9 Å². The predicted molar refractivity (Wildman–Crippen MR) is 127 cm³/mol. The normalized spacial score (nSPS) is 14.1. The summed E-state index contributed by atoms with van der Waals surface area (Å²) in [5.74, 6) is -4.80. The number of oxazole rings is 1. The number of rotatable bonds is 11. The summed E-state index contributed by atoms with van der Waals surface area (Å²) in [5.41, 5.74) is 4.43. The van der Waals surface area contributed by atoms with Gasteiger partial charge in [0.15, 0.2) is 29.1 Å². The molecule has 0 spiro atoms. The summed E-state index contributed by atoms with van der Waals surface area (Å²) in [6, 6.07) is 5.25. The lowest BCUT2D eigenvalue weighted by Gasteiger charge is -2.13. The molecule has 3 N–H and O–H groups in total. The van der Waals surface area contributed by atoms with Crippen molar-refractivity contribution < 1.29 is 54.2 Å². The Bertz CT molecular complexity index is 1540. The fraction of sp³-hybridized carbons (Fsp3) is 0.292. The highest BCUT2D eigenvalue weighted by Gasteiger charge is 2.31. The van der Waals surface area contributed by atoms with Crippen molar-refractivity contribution in [1.29, 1.82) is 0 Å². The van der Waals surface area contributed by atoms with E-state index in [9.17, 15) is 35.6 Å². The van der Waals surface area contributed by atoms with Crippen LogP contribution >= 0.6 is 0 Å². The van der Waals surface area contributed by atoms with Gasteiger partial charge in [-0.25, -0.2) is 31.7 Å². The maximum atomic E-state index is 14.1. The number of sulfonamides is 1. The van der Waals surface area contributed by atoms with Crippen LogP contribution in [0.1, 0.15) is 42.1 Å². The maximum absolute atomic E-state index is 14.1. The second-order valence-electron chi connectivity index (χ2n) is 8.61. The molecule has 3 aromatic rings. The van der Waals surface area contributed by atoms with Crippen molar-refractivity contribution in [2.24, 2.45) is 11.7 Å². The number of carbonyl (C=O) groups is 2. The van der Waals surface area contributed by atoms with Gasteiger partial charge in [0.1, 0.15) is 16.5 Å². The minimum atomic E-state index is -4.87. The highest BCUT2D eigenvalue weighted by atomic mass is 32.2. The molecule has 0 radical (unpaired) electrons.